The smallest absolute Gasteiger partial charge is 0.328 e. The monoisotopic (exact) mass is 496 g/mol. The minimum absolute atomic E-state index is 0.0979. The van der Waals surface area contributed by atoms with Crippen LogP contribution in [0.15, 0.2) is 72.8 Å². The zero-order valence-electron chi connectivity index (χ0n) is 17.8. The molecular weight excluding hydrogens is 479 g/mol. The van der Waals surface area contributed by atoms with E-state index in [1.807, 2.05) is 0 Å². The molecule has 4 rings (SSSR count). The Bertz CT molecular complexity index is 1380. The van der Waals surface area contributed by atoms with Gasteiger partial charge in [-0.1, -0.05) is 23.2 Å². The van der Waals surface area contributed by atoms with E-state index in [2.05, 4.69) is 16.1 Å². The van der Waals surface area contributed by atoms with Crippen molar-refractivity contribution in [1.29, 1.82) is 0 Å². The number of carbonyl (C=O) groups excluding carboxylic acids is 3. The molecule has 1 heterocycles. The van der Waals surface area contributed by atoms with E-state index in [9.17, 15) is 14.4 Å². The highest BCUT2D eigenvalue weighted by atomic mass is 35.5. The third kappa shape index (κ3) is 5.14. The molecule has 10 heteroatoms. The van der Waals surface area contributed by atoms with Gasteiger partial charge in [-0.25, -0.2) is 4.68 Å². The summed E-state index contributed by atoms with van der Waals surface area (Å²) in [6.45, 7) is 0. The second-order valence-corrected chi connectivity index (χ2v) is 8.03. The second-order valence-electron chi connectivity index (χ2n) is 7.15. The van der Waals surface area contributed by atoms with Gasteiger partial charge in [0.05, 0.1) is 12.6 Å². The van der Waals surface area contributed by atoms with Crippen molar-refractivity contribution < 1.29 is 19.1 Å². The fourth-order valence-corrected chi connectivity index (χ4v) is 3.52. The number of halogens is 2. The maximum atomic E-state index is 13.1. The van der Waals surface area contributed by atoms with Gasteiger partial charge < -0.3 is 15.4 Å². The molecule has 3 aromatic carbocycles. The third-order valence-electron chi connectivity index (χ3n) is 4.87. The molecule has 8 nitrogen and oxygen atoms in total. The molecule has 0 atom stereocenters. The molecule has 0 aliphatic rings. The molecule has 0 fully saturated rings. The number of aromatic nitrogens is 1. The van der Waals surface area contributed by atoms with Crippen molar-refractivity contribution in [2.24, 2.45) is 0 Å². The number of benzene rings is 3. The van der Waals surface area contributed by atoms with Gasteiger partial charge in [-0.3, -0.25) is 19.8 Å². The van der Waals surface area contributed by atoms with E-state index in [1.54, 1.807) is 79.9 Å². The summed E-state index contributed by atoms with van der Waals surface area (Å²) in [6, 6.07) is 19.5. The van der Waals surface area contributed by atoms with Crippen LogP contribution in [0.3, 0.4) is 0 Å². The summed E-state index contributed by atoms with van der Waals surface area (Å²) in [5.41, 5.74) is 3.98. The van der Waals surface area contributed by atoms with Crippen molar-refractivity contribution in [1.82, 2.24) is 4.68 Å². The van der Waals surface area contributed by atoms with Gasteiger partial charge >= 0.3 is 11.8 Å². The van der Waals surface area contributed by atoms with Crippen LogP contribution in [0.4, 0.5) is 11.4 Å². The average Bonchev–Trinajstić information content (AvgIpc) is 3.18. The Morgan fingerprint density at radius 1 is 0.765 bits per heavy atom. The molecule has 1 aromatic heterocycles. The van der Waals surface area contributed by atoms with E-state index < -0.39 is 17.7 Å². The van der Waals surface area contributed by atoms with Crippen LogP contribution in [0.25, 0.3) is 10.9 Å². The number of hydrogen-bond donors (Lipinski definition) is 3. The van der Waals surface area contributed by atoms with Gasteiger partial charge in [0, 0.05) is 26.8 Å². The summed E-state index contributed by atoms with van der Waals surface area (Å²) in [4.78, 5) is 38.2. The Kier molecular flexibility index (Phi) is 6.72. The first kappa shape index (κ1) is 23.2. The van der Waals surface area contributed by atoms with Crippen LogP contribution in [0.2, 0.25) is 10.0 Å². The van der Waals surface area contributed by atoms with Gasteiger partial charge in [0.15, 0.2) is 0 Å². The largest absolute Gasteiger partial charge is 0.497 e. The Balaban J connectivity index is 1.60. The Morgan fingerprint density at radius 2 is 1.38 bits per heavy atom. The van der Waals surface area contributed by atoms with Crippen LogP contribution in [0.1, 0.15) is 10.5 Å². The topological polar surface area (TPSA) is 101 Å². The van der Waals surface area contributed by atoms with Crippen LogP contribution in [-0.2, 0) is 9.59 Å². The van der Waals surface area contributed by atoms with Crippen molar-refractivity contribution in [3.63, 3.8) is 0 Å². The van der Waals surface area contributed by atoms with Gasteiger partial charge in [0.25, 0.3) is 5.91 Å². The van der Waals surface area contributed by atoms with Crippen molar-refractivity contribution in [3.05, 3.63) is 88.5 Å². The second kappa shape index (κ2) is 9.86. The lowest BCUT2D eigenvalue weighted by atomic mass is 10.2. The van der Waals surface area contributed by atoms with Gasteiger partial charge in [-0.2, -0.15) is 0 Å². The first-order chi connectivity index (χ1) is 16.3. The average molecular weight is 497 g/mol. The van der Waals surface area contributed by atoms with Crippen LogP contribution in [-0.4, -0.2) is 29.5 Å². The molecule has 0 aliphatic heterocycles. The predicted molar refractivity (Wildman–Crippen MR) is 132 cm³/mol. The maximum absolute atomic E-state index is 13.1. The first-order valence-electron chi connectivity index (χ1n) is 9.98. The minimum atomic E-state index is -0.971. The van der Waals surface area contributed by atoms with E-state index in [-0.39, 0.29) is 5.69 Å². The van der Waals surface area contributed by atoms with Crippen molar-refractivity contribution in [2.75, 3.05) is 23.2 Å². The van der Waals surface area contributed by atoms with Crippen molar-refractivity contribution in [2.45, 2.75) is 0 Å². The highest BCUT2D eigenvalue weighted by molar-refractivity contribution is 6.42. The molecule has 172 valence electrons. The Labute approximate surface area is 204 Å². The van der Waals surface area contributed by atoms with Gasteiger partial charge in [-0.05, 0) is 72.8 Å². The van der Waals surface area contributed by atoms with Crippen molar-refractivity contribution in [3.8, 4) is 5.75 Å². The first-order valence-corrected chi connectivity index (χ1v) is 10.7. The number of nitrogens with one attached hydrogen (secondary N) is 3. The molecule has 3 N–H and O–H groups in total. The quantitative estimate of drug-likeness (QED) is 0.341. The lowest BCUT2D eigenvalue weighted by Gasteiger charge is -2.13. The molecule has 0 radical (unpaired) electrons. The number of ether oxygens (including phenoxy) is 1. The van der Waals surface area contributed by atoms with Crippen LogP contribution >= 0.6 is 23.2 Å². The van der Waals surface area contributed by atoms with Gasteiger partial charge in [0.2, 0.25) is 0 Å². The SMILES string of the molecule is COc1ccc(NC(=O)c2cc3cc(Cl)ccc3n2NC(=O)C(=O)Nc2ccc(Cl)cc2)cc1. The predicted octanol–water partition coefficient (Wildman–Crippen LogP) is 4.92. The number of amides is 3. The molecule has 4 aromatic rings. The van der Waals surface area contributed by atoms with Crippen LogP contribution < -0.4 is 20.8 Å². The Hall–Kier alpha value is -4.01. The molecular formula is C24H18Cl2N4O4. The molecule has 34 heavy (non-hydrogen) atoms. The highest BCUT2D eigenvalue weighted by Gasteiger charge is 2.21. The summed E-state index contributed by atoms with van der Waals surface area (Å²) in [6.07, 6.45) is 0. The fourth-order valence-electron chi connectivity index (χ4n) is 3.22. The summed E-state index contributed by atoms with van der Waals surface area (Å²) in [5, 5.41) is 6.79. The summed E-state index contributed by atoms with van der Waals surface area (Å²) >= 11 is 11.9. The lowest BCUT2D eigenvalue weighted by Crippen LogP contribution is -2.36. The van der Waals surface area contributed by atoms with Crippen LogP contribution in [0.5, 0.6) is 5.75 Å². The summed E-state index contributed by atoms with van der Waals surface area (Å²) in [5.74, 6) is -1.75. The number of fused-ring (bicyclic) bond motifs is 1. The maximum Gasteiger partial charge on any atom is 0.328 e. The number of carbonyl (C=O) groups is 3. The molecule has 0 aliphatic carbocycles. The number of methoxy groups -OCH3 is 1. The summed E-state index contributed by atoms with van der Waals surface area (Å²) in [7, 11) is 1.54. The molecule has 0 saturated carbocycles. The molecule has 0 saturated heterocycles. The fraction of sp³-hybridized carbons (Fsp3) is 0.0417. The van der Waals surface area contributed by atoms with Gasteiger partial charge in [-0.15, -0.1) is 0 Å². The van der Waals surface area contributed by atoms with Crippen LogP contribution in [0, 0.1) is 0 Å². The normalized spacial score (nSPS) is 10.6. The lowest BCUT2D eigenvalue weighted by molar-refractivity contribution is -0.133. The standard InChI is InChI=1S/C24H18Cl2N4O4/c1-34-19-9-7-18(8-10-19)27-22(31)21-13-14-12-16(26)4-11-20(14)30(21)29-24(33)23(32)28-17-5-2-15(25)3-6-17/h2-13H,1H3,(H,27,31)(H,28,32)(H,29,33). The zero-order valence-corrected chi connectivity index (χ0v) is 19.3. The third-order valence-corrected chi connectivity index (χ3v) is 5.35. The Morgan fingerprint density at radius 3 is 2.06 bits per heavy atom. The number of nitrogens with zero attached hydrogens (tertiary/aromatic N) is 1. The van der Waals surface area contributed by atoms with E-state index in [1.165, 1.54) is 4.68 Å². The van der Waals surface area contributed by atoms with E-state index >= 15 is 0 Å². The molecule has 3 amide bonds. The van der Waals surface area contributed by atoms with E-state index in [0.29, 0.717) is 38.1 Å². The molecule has 0 unspecified atom stereocenters. The number of rotatable bonds is 5. The minimum Gasteiger partial charge on any atom is -0.497 e. The zero-order chi connectivity index (χ0) is 24.2. The highest BCUT2D eigenvalue weighted by Crippen LogP contribution is 2.24. The molecule has 0 bridgehead atoms. The van der Waals surface area contributed by atoms with E-state index in [4.69, 9.17) is 27.9 Å². The van der Waals surface area contributed by atoms with Crippen molar-refractivity contribution >= 4 is 63.2 Å². The number of hydrogen-bond acceptors (Lipinski definition) is 4. The molecule has 0 spiro atoms. The number of anilines is 2. The van der Waals surface area contributed by atoms with E-state index in [0.717, 1.165) is 0 Å². The summed E-state index contributed by atoms with van der Waals surface area (Å²) < 4.78 is 6.37. The van der Waals surface area contributed by atoms with Gasteiger partial charge in [0.1, 0.15) is 11.4 Å².